The number of carbonyl (C=O) groups is 1. The lowest BCUT2D eigenvalue weighted by Gasteiger charge is -2.33. The lowest BCUT2D eigenvalue weighted by molar-refractivity contribution is -0.143. The van der Waals surface area contributed by atoms with Gasteiger partial charge in [0.2, 0.25) is 0 Å². The summed E-state index contributed by atoms with van der Waals surface area (Å²) >= 11 is 0. The molecule has 0 spiro atoms. The van der Waals surface area contributed by atoms with E-state index in [1.54, 1.807) is 0 Å². The predicted molar refractivity (Wildman–Crippen MR) is 54.1 cm³/mol. The van der Waals surface area contributed by atoms with Crippen LogP contribution in [0.2, 0.25) is 0 Å². The molecule has 0 aromatic carbocycles. The van der Waals surface area contributed by atoms with E-state index in [9.17, 15) is 4.79 Å². The van der Waals surface area contributed by atoms with Crippen molar-refractivity contribution in [2.45, 2.75) is 31.7 Å². The summed E-state index contributed by atoms with van der Waals surface area (Å²) in [4.78, 5) is 13.3. The average molecular weight is 195 g/mol. The predicted octanol–water partition coefficient (Wildman–Crippen LogP) is 1.50. The molecular weight excluding hydrogens is 178 g/mol. The lowest BCUT2D eigenvalue weighted by atomic mass is 9.85. The monoisotopic (exact) mass is 195 g/mol. The number of carboxylic acid groups (broad SMARTS) is 1. The smallest absolute Gasteiger partial charge is 0.306 e. The summed E-state index contributed by atoms with van der Waals surface area (Å²) in [5.74, 6) is -0.712. The molecule has 1 heterocycles. The van der Waals surface area contributed by atoms with Gasteiger partial charge in [0, 0.05) is 19.1 Å². The van der Waals surface area contributed by atoms with E-state index in [-0.39, 0.29) is 5.92 Å². The zero-order chi connectivity index (χ0) is 9.97. The normalized spacial score (nSPS) is 33.4. The summed E-state index contributed by atoms with van der Waals surface area (Å²) in [5.41, 5.74) is 0. The van der Waals surface area contributed by atoms with Crippen molar-refractivity contribution < 1.29 is 9.90 Å². The van der Waals surface area contributed by atoms with Crippen LogP contribution in [-0.4, -0.2) is 35.1 Å². The Labute approximate surface area is 84.4 Å². The number of aliphatic carboxylic acids is 1. The summed E-state index contributed by atoms with van der Waals surface area (Å²) in [6.45, 7) is 2.02. The van der Waals surface area contributed by atoms with Crippen molar-refractivity contribution in [1.29, 1.82) is 0 Å². The molecule has 1 fully saturated rings. The van der Waals surface area contributed by atoms with Gasteiger partial charge in [-0.25, -0.2) is 0 Å². The van der Waals surface area contributed by atoms with Gasteiger partial charge in [0.25, 0.3) is 0 Å². The second-order valence-electron chi connectivity index (χ2n) is 4.28. The number of hydrogen-bond donors (Lipinski definition) is 1. The van der Waals surface area contributed by atoms with Gasteiger partial charge in [0.15, 0.2) is 0 Å². The maximum absolute atomic E-state index is 10.9. The first-order valence-corrected chi connectivity index (χ1v) is 5.39. The molecule has 0 amide bonds. The Hall–Kier alpha value is -0.830. The van der Waals surface area contributed by atoms with Crippen molar-refractivity contribution in [3.8, 4) is 0 Å². The third-order valence-corrected chi connectivity index (χ3v) is 3.36. The van der Waals surface area contributed by atoms with E-state index in [2.05, 4.69) is 17.1 Å². The third-order valence-electron chi connectivity index (χ3n) is 3.36. The highest BCUT2D eigenvalue weighted by atomic mass is 16.4. The molecule has 3 nitrogen and oxygen atoms in total. The molecule has 0 radical (unpaired) electrons. The first-order chi connectivity index (χ1) is 6.77. The fraction of sp³-hybridized carbons (Fsp3) is 0.727. The lowest BCUT2D eigenvalue weighted by Crippen LogP contribution is -2.38. The topological polar surface area (TPSA) is 40.5 Å². The van der Waals surface area contributed by atoms with Gasteiger partial charge in [-0.2, -0.15) is 0 Å². The van der Waals surface area contributed by atoms with Crippen LogP contribution in [0.25, 0.3) is 0 Å². The van der Waals surface area contributed by atoms with Crippen molar-refractivity contribution >= 4 is 5.97 Å². The molecular formula is C11H17NO2. The van der Waals surface area contributed by atoms with Crippen molar-refractivity contribution in [2.75, 3.05) is 13.1 Å². The molecule has 0 bridgehead atoms. The number of hydrogen-bond acceptors (Lipinski definition) is 2. The molecule has 2 rings (SSSR count). The Morgan fingerprint density at radius 1 is 1.29 bits per heavy atom. The summed E-state index contributed by atoms with van der Waals surface area (Å²) in [6.07, 6.45) is 8.29. The Bertz CT molecular complexity index is 242. The minimum Gasteiger partial charge on any atom is -0.481 e. The van der Waals surface area contributed by atoms with Gasteiger partial charge < -0.3 is 5.11 Å². The molecule has 3 heteroatoms. The van der Waals surface area contributed by atoms with Crippen LogP contribution < -0.4 is 0 Å². The van der Waals surface area contributed by atoms with Crippen LogP contribution in [-0.2, 0) is 4.79 Å². The van der Waals surface area contributed by atoms with Crippen LogP contribution >= 0.6 is 0 Å². The van der Waals surface area contributed by atoms with Crippen molar-refractivity contribution in [2.24, 2.45) is 5.92 Å². The van der Waals surface area contributed by atoms with E-state index in [4.69, 9.17) is 5.11 Å². The van der Waals surface area contributed by atoms with Gasteiger partial charge in [0.05, 0.1) is 5.92 Å². The van der Waals surface area contributed by atoms with E-state index >= 15 is 0 Å². The molecule has 0 aromatic rings. The first kappa shape index (κ1) is 9.71. The van der Waals surface area contributed by atoms with E-state index in [0.29, 0.717) is 6.04 Å². The van der Waals surface area contributed by atoms with Gasteiger partial charge in [-0.15, -0.1) is 0 Å². The fourth-order valence-corrected chi connectivity index (χ4v) is 2.51. The highest BCUT2D eigenvalue weighted by Gasteiger charge is 2.30. The van der Waals surface area contributed by atoms with Gasteiger partial charge in [-0.3, -0.25) is 9.69 Å². The molecule has 2 aliphatic rings. The largest absolute Gasteiger partial charge is 0.481 e. The molecule has 1 aliphatic heterocycles. The second-order valence-corrected chi connectivity index (χ2v) is 4.28. The van der Waals surface area contributed by atoms with E-state index in [1.807, 2.05) is 0 Å². The maximum Gasteiger partial charge on any atom is 0.306 e. The standard InChI is InChI=1S/C11H17NO2/c13-11(14)9-4-3-5-10(8-9)12-6-1-2-7-12/h1-2,9-10H,3-8H2,(H,13,14). The van der Waals surface area contributed by atoms with Gasteiger partial charge in [0.1, 0.15) is 0 Å². The Balaban J connectivity index is 1.90. The Kier molecular flexibility index (Phi) is 2.87. The fourth-order valence-electron chi connectivity index (χ4n) is 2.51. The molecule has 1 N–H and O–H groups in total. The summed E-state index contributed by atoms with van der Waals surface area (Å²) in [5, 5.41) is 8.96. The first-order valence-electron chi connectivity index (χ1n) is 5.39. The van der Waals surface area contributed by atoms with Gasteiger partial charge in [-0.1, -0.05) is 18.6 Å². The van der Waals surface area contributed by atoms with Crippen molar-refractivity contribution in [1.82, 2.24) is 4.90 Å². The number of rotatable bonds is 2. The van der Waals surface area contributed by atoms with Crippen LogP contribution in [0.15, 0.2) is 12.2 Å². The zero-order valence-corrected chi connectivity index (χ0v) is 8.35. The second kappa shape index (κ2) is 4.13. The molecule has 2 unspecified atom stereocenters. The average Bonchev–Trinajstić information content (AvgIpc) is 2.71. The Morgan fingerprint density at radius 3 is 2.64 bits per heavy atom. The van der Waals surface area contributed by atoms with Crippen LogP contribution in [0.4, 0.5) is 0 Å². The van der Waals surface area contributed by atoms with Gasteiger partial charge >= 0.3 is 5.97 Å². The Morgan fingerprint density at radius 2 is 2.00 bits per heavy atom. The number of carboxylic acids is 1. The van der Waals surface area contributed by atoms with Crippen LogP contribution in [0, 0.1) is 5.92 Å². The summed E-state index contributed by atoms with van der Waals surface area (Å²) in [7, 11) is 0. The molecule has 2 atom stereocenters. The summed E-state index contributed by atoms with van der Waals surface area (Å²) < 4.78 is 0. The van der Waals surface area contributed by atoms with Gasteiger partial charge in [-0.05, 0) is 19.3 Å². The minimum atomic E-state index is -0.609. The van der Waals surface area contributed by atoms with E-state index < -0.39 is 5.97 Å². The highest BCUT2D eigenvalue weighted by Crippen LogP contribution is 2.28. The van der Waals surface area contributed by atoms with Crippen LogP contribution in [0.3, 0.4) is 0 Å². The van der Waals surface area contributed by atoms with Crippen molar-refractivity contribution in [3.63, 3.8) is 0 Å². The molecule has 78 valence electrons. The zero-order valence-electron chi connectivity index (χ0n) is 8.35. The van der Waals surface area contributed by atoms with Crippen LogP contribution in [0.1, 0.15) is 25.7 Å². The third kappa shape index (κ3) is 1.98. The molecule has 0 aromatic heterocycles. The SMILES string of the molecule is O=C(O)C1CCCC(N2CC=CC2)C1. The molecule has 1 aliphatic carbocycles. The molecule has 14 heavy (non-hydrogen) atoms. The van der Waals surface area contributed by atoms with E-state index in [0.717, 1.165) is 32.4 Å². The quantitative estimate of drug-likeness (QED) is 0.679. The van der Waals surface area contributed by atoms with Crippen molar-refractivity contribution in [3.05, 3.63) is 12.2 Å². The van der Waals surface area contributed by atoms with Crippen LogP contribution in [0.5, 0.6) is 0 Å². The minimum absolute atomic E-state index is 0.102. The summed E-state index contributed by atoms with van der Waals surface area (Å²) in [6, 6.07) is 0.500. The highest BCUT2D eigenvalue weighted by molar-refractivity contribution is 5.70. The van der Waals surface area contributed by atoms with E-state index in [1.165, 1.54) is 6.42 Å². The molecule has 1 saturated carbocycles. The molecule has 0 saturated heterocycles. The number of nitrogens with zero attached hydrogens (tertiary/aromatic N) is 1. The maximum atomic E-state index is 10.9.